The largest absolute Gasteiger partial charge is 0.338 e. The number of fused-ring (bicyclic) bond motifs is 3. The standard InChI is InChI=1S/C21H21N5OS/c1-4-17(20(27)23-16-11-12(2)9-10-13(16)3)28-21-24-19-18(25-26-21)14-7-5-6-8-15(14)22-19/h5-11,17H,4H2,1-3H3,(H,23,27)(H,22,24,26). The van der Waals surface area contributed by atoms with Crippen LogP contribution in [0, 0.1) is 13.8 Å². The van der Waals surface area contributed by atoms with Crippen LogP contribution in [-0.4, -0.2) is 31.3 Å². The highest BCUT2D eigenvalue weighted by Gasteiger charge is 2.21. The summed E-state index contributed by atoms with van der Waals surface area (Å²) in [5, 5.41) is 12.8. The van der Waals surface area contributed by atoms with Crippen LogP contribution in [0.4, 0.5) is 5.69 Å². The zero-order valence-corrected chi connectivity index (χ0v) is 16.8. The maximum absolute atomic E-state index is 12.8. The smallest absolute Gasteiger partial charge is 0.237 e. The molecule has 0 spiro atoms. The SMILES string of the molecule is CCC(Sc1nnc2c(n1)[nH]c1ccccc12)C(=O)Nc1cc(C)ccc1C. The van der Waals surface area contributed by atoms with Crippen LogP contribution in [0.2, 0.25) is 0 Å². The number of rotatable bonds is 5. The highest BCUT2D eigenvalue weighted by molar-refractivity contribution is 8.00. The molecule has 4 rings (SSSR count). The van der Waals surface area contributed by atoms with Gasteiger partial charge in [0.15, 0.2) is 5.65 Å². The minimum Gasteiger partial charge on any atom is -0.338 e. The predicted octanol–water partition coefficient (Wildman–Crippen LogP) is 4.63. The minimum atomic E-state index is -0.302. The summed E-state index contributed by atoms with van der Waals surface area (Å²) in [7, 11) is 0. The van der Waals surface area contributed by atoms with E-state index in [4.69, 9.17) is 0 Å². The van der Waals surface area contributed by atoms with E-state index in [1.165, 1.54) is 11.8 Å². The molecule has 0 saturated carbocycles. The van der Waals surface area contributed by atoms with Crippen molar-refractivity contribution in [3.63, 3.8) is 0 Å². The van der Waals surface area contributed by atoms with Crippen LogP contribution >= 0.6 is 11.8 Å². The van der Waals surface area contributed by atoms with Crippen LogP contribution in [0.5, 0.6) is 0 Å². The van der Waals surface area contributed by atoms with Gasteiger partial charge in [0.2, 0.25) is 11.1 Å². The highest BCUT2D eigenvalue weighted by atomic mass is 32.2. The Bertz CT molecular complexity index is 1170. The Morgan fingerprint density at radius 2 is 2.00 bits per heavy atom. The first-order valence-corrected chi connectivity index (χ1v) is 10.1. The Labute approximate surface area is 167 Å². The van der Waals surface area contributed by atoms with Gasteiger partial charge in [0.25, 0.3) is 0 Å². The van der Waals surface area contributed by atoms with Crippen LogP contribution in [0.25, 0.3) is 22.1 Å². The van der Waals surface area contributed by atoms with Crippen molar-refractivity contribution in [2.45, 2.75) is 37.6 Å². The van der Waals surface area contributed by atoms with Crippen molar-refractivity contribution in [3.05, 3.63) is 53.6 Å². The van der Waals surface area contributed by atoms with Gasteiger partial charge in [-0.3, -0.25) is 4.79 Å². The van der Waals surface area contributed by atoms with Crippen LogP contribution in [0.15, 0.2) is 47.6 Å². The van der Waals surface area contributed by atoms with Crippen molar-refractivity contribution in [2.24, 2.45) is 0 Å². The number of anilines is 1. The number of carbonyl (C=O) groups excluding carboxylic acids is 1. The fourth-order valence-corrected chi connectivity index (χ4v) is 3.91. The number of nitrogens with zero attached hydrogens (tertiary/aromatic N) is 3. The van der Waals surface area contributed by atoms with E-state index in [0.29, 0.717) is 17.2 Å². The molecule has 6 nitrogen and oxygen atoms in total. The van der Waals surface area contributed by atoms with Gasteiger partial charge in [-0.15, -0.1) is 10.2 Å². The number of amides is 1. The molecule has 2 aromatic carbocycles. The van der Waals surface area contributed by atoms with Crippen LogP contribution in [0.1, 0.15) is 24.5 Å². The second kappa shape index (κ2) is 7.59. The van der Waals surface area contributed by atoms with Crippen molar-refractivity contribution in [3.8, 4) is 0 Å². The van der Waals surface area contributed by atoms with Crippen molar-refractivity contribution in [1.29, 1.82) is 0 Å². The summed E-state index contributed by atoms with van der Waals surface area (Å²) in [6.45, 7) is 5.98. The van der Waals surface area contributed by atoms with E-state index >= 15 is 0 Å². The fourth-order valence-electron chi connectivity index (χ4n) is 3.09. The topological polar surface area (TPSA) is 83.6 Å². The third-order valence-electron chi connectivity index (χ3n) is 4.66. The second-order valence-corrected chi connectivity index (χ2v) is 7.95. The Balaban J connectivity index is 1.56. The van der Waals surface area contributed by atoms with E-state index in [0.717, 1.165) is 33.2 Å². The lowest BCUT2D eigenvalue weighted by molar-refractivity contribution is -0.115. The van der Waals surface area contributed by atoms with Crippen LogP contribution in [0.3, 0.4) is 0 Å². The molecule has 7 heteroatoms. The molecule has 2 N–H and O–H groups in total. The molecule has 0 radical (unpaired) electrons. The number of hydrogen-bond donors (Lipinski definition) is 2. The summed E-state index contributed by atoms with van der Waals surface area (Å²) in [6.07, 6.45) is 0.662. The Morgan fingerprint density at radius 1 is 1.18 bits per heavy atom. The summed E-state index contributed by atoms with van der Waals surface area (Å²) in [6, 6.07) is 13.9. The number of thioether (sulfide) groups is 1. The van der Waals surface area contributed by atoms with E-state index in [1.54, 1.807) is 0 Å². The first kappa shape index (κ1) is 18.4. The molecule has 0 fully saturated rings. The van der Waals surface area contributed by atoms with E-state index in [-0.39, 0.29) is 11.2 Å². The number of aromatic amines is 1. The minimum absolute atomic E-state index is 0.0541. The number of aromatic nitrogens is 4. The quantitative estimate of drug-likeness (QED) is 0.485. The molecule has 0 aliphatic rings. The third-order valence-corrected chi connectivity index (χ3v) is 5.88. The van der Waals surface area contributed by atoms with Gasteiger partial charge < -0.3 is 10.3 Å². The predicted molar refractivity (Wildman–Crippen MR) is 114 cm³/mol. The molecule has 0 aliphatic heterocycles. The Morgan fingerprint density at radius 3 is 2.82 bits per heavy atom. The summed E-state index contributed by atoms with van der Waals surface area (Å²) < 4.78 is 0. The summed E-state index contributed by atoms with van der Waals surface area (Å²) >= 11 is 1.33. The van der Waals surface area contributed by atoms with Gasteiger partial charge in [-0.1, -0.05) is 49.0 Å². The Hall–Kier alpha value is -2.93. The molecule has 0 aliphatic carbocycles. The number of hydrogen-bond acceptors (Lipinski definition) is 5. The lowest BCUT2D eigenvalue weighted by atomic mass is 10.1. The maximum Gasteiger partial charge on any atom is 0.237 e. The van der Waals surface area contributed by atoms with Crippen molar-refractivity contribution in [1.82, 2.24) is 20.2 Å². The lowest BCUT2D eigenvalue weighted by Gasteiger charge is -2.15. The number of carbonyl (C=O) groups is 1. The van der Waals surface area contributed by atoms with Gasteiger partial charge >= 0.3 is 0 Å². The Kier molecular flexibility index (Phi) is 5.00. The molecule has 0 bridgehead atoms. The fraction of sp³-hybridized carbons (Fsp3) is 0.238. The molecular formula is C21H21N5OS. The van der Waals surface area contributed by atoms with Crippen molar-refractivity contribution >= 4 is 45.4 Å². The van der Waals surface area contributed by atoms with Crippen molar-refractivity contribution < 1.29 is 4.79 Å². The van der Waals surface area contributed by atoms with Crippen molar-refractivity contribution in [2.75, 3.05) is 5.32 Å². The summed E-state index contributed by atoms with van der Waals surface area (Å²) in [5.74, 6) is -0.0541. The number of benzene rings is 2. The van der Waals surface area contributed by atoms with Gasteiger partial charge in [0, 0.05) is 16.6 Å². The summed E-state index contributed by atoms with van der Waals surface area (Å²) in [5.41, 5.74) is 5.39. The first-order valence-electron chi connectivity index (χ1n) is 9.21. The van der Waals surface area contributed by atoms with Gasteiger partial charge in [0.1, 0.15) is 5.52 Å². The lowest BCUT2D eigenvalue weighted by Crippen LogP contribution is -2.25. The second-order valence-electron chi connectivity index (χ2n) is 6.78. The number of aryl methyl sites for hydroxylation is 2. The zero-order valence-electron chi connectivity index (χ0n) is 16.0. The number of nitrogens with one attached hydrogen (secondary N) is 2. The molecule has 28 heavy (non-hydrogen) atoms. The van der Waals surface area contributed by atoms with E-state index in [2.05, 4.69) is 25.5 Å². The third kappa shape index (κ3) is 3.57. The van der Waals surface area contributed by atoms with Crippen LogP contribution in [-0.2, 0) is 4.79 Å². The normalized spacial score (nSPS) is 12.4. The molecule has 4 aromatic rings. The number of H-pyrrole nitrogens is 1. The van der Waals surface area contributed by atoms with Crippen LogP contribution < -0.4 is 5.32 Å². The van der Waals surface area contributed by atoms with Gasteiger partial charge in [-0.2, -0.15) is 0 Å². The van der Waals surface area contributed by atoms with Gasteiger partial charge in [-0.25, -0.2) is 4.98 Å². The zero-order chi connectivity index (χ0) is 19.7. The highest BCUT2D eigenvalue weighted by Crippen LogP contribution is 2.27. The van der Waals surface area contributed by atoms with E-state index in [1.807, 2.05) is 63.2 Å². The molecule has 142 valence electrons. The molecular weight excluding hydrogens is 370 g/mol. The molecule has 0 saturated heterocycles. The van der Waals surface area contributed by atoms with Gasteiger partial charge in [0.05, 0.1) is 5.25 Å². The summed E-state index contributed by atoms with van der Waals surface area (Å²) in [4.78, 5) is 20.6. The molecule has 1 atom stereocenters. The first-order chi connectivity index (χ1) is 13.5. The molecule has 2 heterocycles. The average Bonchev–Trinajstić information content (AvgIpc) is 3.06. The monoisotopic (exact) mass is 391 g/mol. The number of para-hydroxylation sites is 1. The van der Waals surface area contributed by atoms with Gasteiger partial charge in [-0.05, 0) is 43.5 Å². The molecule has 1 amide bonds. The molecule has 2 aromatic heterocycles. The average molecular weight is 392 g/mol. The molecule has 1 unspecified atom stereocenters. The maximum atomic E-state index is 12.8. The van der Waals surface area contributed by atoms with E-state index < -0.39 is 0 Å². The van der Waals surface area contributed by atoms with E-state index in [9.17, 15) is 4.79 Å².